The molecule has 1 spiro atoms. The molecule has 2 fully saturated rings. The molecule has 1 N–H and O–H groups in total. The number of carbonyl (C=O) groups is 3. The van der Waals surface area contributed by atoms with Gasteiger partial charge in [0.25, 0.3) is 11.8 Å². The maximum Gasteiger partial charge on any atom is 0.348 e. The normalized spacial score (nSPS) is 18.3. The van der Waals surface area contributed by atoms with E-state index in [1.54, 1.807) is 42.3 Å². The van der Waals surface area contributed by atoms with Crippen molar-refractivity contribution >= 4 is 71.3 Å². The Kier molecular flexibility index (Phi) is 8.36. The molecule has 2 aromatic heterocycles. The van der Waals surface area contributed by atoms with Crippen LogP contribution in [0.1, 0.15) is 45.4 Å². The summed E-state index contributed by atoms with van der Waals surface area (Å²) in [7, 11) is 0. The Hall–Kier alpha value is -3.75. The SMILES string of the molecule is CCOC(=O)c1cc2c(s1)-c1ncccc1N(C(=O)c1ccc(NC(=O)C3=CC=IN=C3N3CC4(CCOCC4)C3)cc1)CC2. The van der Waals surface area contributed by atoms with Crippen LogP contribution in [0, 0.1) is 5.41 Å². The number of ether oxygens (including phenoxy) is 2. The first-order valence-corrected chi connectivity index (χ1v) is 18.0. The first-order chi connectivity index (χ1) is 21.9. The van der Waals surface area contributed by atoms with Gasteiger partial charge in [0.15, 0.2) is 0 Å². The standard InChI is InChI=1S/C33H32IN5O5S/c1-2-44-32(42)26-18-22-10-15-39(25-4-3-14-35-27(25)28(22)45-26)31(41)21-5-7-23(8-6-21)36-30(40)24-9-13-34-37-29(24)38-19-33(20-38)11-16-43-17-12-33/h3-9,13-14,18H,2,10-12,15-17,19-20H2,1H3,(H,36,40). The van der Waals surface area contributed by atoms with E-state index in [0.717, 1.165) is 55.4 Å². The monoisotopic (exact) mass is 737 g/mol. The van der Waals surface area contributed by atoms with Crippen LogP contribution in [0.3, 0.4) is 0 Å². The zero-order chi connectivity index (χ0) is 31.0. The summed E-state index contributed by atoms with van der Waals surface area (Å²) in [5, 5.41) is 3.01. The van der Waals surface area contributed by atoms with E-state index in [0.29, 0.717) is 52.7 Å². The van der Waals surface area contributed by atoms with Crippen LogP contribution in [-0.4, -0.2) is 77.0 Å². The lowest BCUT2D eigenvalue weighted by atomic mass is 9.73. The molecular weight excluding hydrogens is 705 g/mol. The lowest BCUT2D eigenvalue weighted by Gasteiger charge is -2.53. The molecule has 7 rings (SSSR count). The van der Waals surface area contributed by atoms with E-state index in [2.05, 4.69) is 15.2 Å². The summed E-state index contributed by atoms with van der Waals surface area (Å²) in [5.41, 5.74) is 4.30. The fraction of sp³-hybridized carbons (Fsp3) is 0.333. The predicted molar refractivity (Wildman–Crippen MR) is 184 cm³/mol. The number of amidine groups is 1. The quantitative estimate of drug-likeness (QED) is 0.281. The average Bonchev–Trinajstić information content (AvgIpc) is 3.42. The van der Waals surface area contributed by atoms with E-state index < -0.39 is 21.0 Å². The third-order valence-corrected chi connectivity index (χ3v) is 11.2. The molecule has 232 valence electrons. The van der Waals surface area contributed by atoms with Gasteiger partial charge in [-0.2, -0.15) is 0 Å². The van der Waals surface area contributed by atoms with E-state index in [1.165, 1.54) is 11.3 Å². The number of hydrogen-bond donors (Lipinski definition) is 1. The van der Waals surface area contributed by atoms with Crippen molar-refractivity contribution in [1.82, 2.24) is 9.88 Å². The summed E-state index contributed by atoms with van der Waals surface area (Å²) >= 11 is 0.885. The minimum atomic E-state index is -0.459. The molecule has 3 aromatic rings. The molecule has 2 saturated heterocycles. The molecule has 4 aliphatic heterocycles. The van der Waals surface area contributed by atoms with Crippen LogP contribution in [0.15, 0.2) is 63.5 Å². The molecule has 1 aromatic carbocycles. The summed E-state index contributed by atoms with van der Waals surface area (Å²) in [4.78, 5) is 49.6. The number of benzene rings is 1. The van der Waals surface area contributed by atoms with Gasteiger partial charge in [0.1, 0.15) is 16.4 Å². The van der Waals surface area contributed by atoms with Crippen molar-refractivity contribution in [3.63, 3.8) is 0 Å². The van der Waals surface area contributed by atoms with Gasteiger partial charge in [0.2, 0.25) is 0 Å². The number of esters is 1. The maximum atomic E-state index is 13.8. The van der Waals surface area contributed by atoms with Crippen LogP contribution in [0.2, 0.25) is 0 Å². The second-order valence-corrected chi connectivity index (χ2v) is 14.3. The largest absolute Gasteiger partial charge is 0.462 e. The van der Waals surface area contributed by atoms with Crippen LogP contribution in [-0.2, 0) is 20.7 Å². The number of allylic oxidation sites excluding steroid dienone is 1. The van der Waals surface area contributed by atoms with Gasteiger partial charge in [-0.3, -0.25) is 14.6 Å². The van der Waals surface area contributed by atoms with Gasteiger partial charge < -0.3 is 24.6 Å². The molecule has 0 radical (unpaired) electrons. The van der Waals surface area contributed by atoms with Gasteiger partial charge in [-0.1, -0.05) is 0 Å². The van der Waals surface area contributed by atoms with Crippen LogP contribution >= 0.6 is 32.3 Å². The number of rotatable bonds is 5. The van der Waals surface area contributed by atoms with Crippen LogP contribution in [0.5, 0.6) is 0 Å². The van der Waals surface area contributed by atoms with E-state index in [-0.39, 0.29) is 23.2 Å². The second-order valence-electron chi connectivity index (χ2n) is 11.5. The van der Waals surface area contributed by atoms with Crippen molar-refractivity contribution in [1.29, 1.82) is 0 Å². The molecule has 0 bridgehead atoms. The molecule has 2 amide bonds. The van der Waals surface area contributed by atoms with Gasteiger partial charge in [-0.15, -0.1) is 11.3 Å². The number of nitrogens with one attached hydrogen (secondary N) is 1. The van der Waals surface area contributed by atoms with Gasteiger partial charge >= 0.3 is 5.97 Å². The molecule has 4 aliphatic rings. The predicted octanol–water partition coefficient (Wildman–Crippen LogP) is 5.27. The number of likely N-dealkylation sites (tertiary alicyclic amines) is 1. The molecule has 0 unspecified atom stereocenters. The highest BCUT2D eigenvalue weighted by molar-refractivity contribution is 14.2. The van der Waals surface area contributed by atoms with Crippen molar-refractivity contribution < 1.29 is 23.9 Å². The van der Waals surface area contributed by atoms with Crippen LogP contribution in [0.4, 0.5) is 11.4 Å². The molecule has 0 aliphatic carbocycles. The average molecular weight is 738 g/mol. The van der Waals surface area contributed by atoms with Crippen LogP contribution in [0.25, 0.3) is 10.6 Å². The molecule has 10 nitrogen and oxygen atoms in total. The Labute approximate surface area is 275 Å². The third-order valence-electron chi connectivity index (χ3n) is 8.62. The fourth-order valence-corrected chi connectivity index (χ4v) is 8.86. The van der Waals surface area contributed by atoms with Crippen LogP contribution < -0.4 is 10.2 Å². The Bertz CT molecular complexity index is 1750. The maximum absolute atomic E-state index is 13.8. The number of pyridine rings is 1. The highest BCUT2D eigenvalue weighted by Gasteiger charge is 2.46. The first kappa shape index (κ1) is 29.9. The Balaban J connectivity index is 1.04. The number of amides is 2. The van der Waals surface area contributed by atoms with Crippen molar-refractivity contribution in [3.8, 4) is 10.6 Å². The summed E-state index contributed by atoms with van der Waals surface area (Å²) in [6.07, 6.45) is 6.28. The number of fused-ring (bicyclic) bond motifs is 3. The highest BCUT2D eigenvalue weighted by Crippen LogP contribution is 2.42. The highest BCUT2D eigenvalue weighted by atomic mass is 127. The number of hydrogen-bond acceptors (Lipinski definition) is 9. The minimum absolute atomic E-state index is 0.161. The van der Waals surface area contributed by atoms with Crippen molar-refractivity contribution in [2.24, 2.45) is 8.62 Å². The summed E-state index contributed by atoms with van der Waals surface area (Å²) < 4.78 is 17.5. The van der Waals surface area contributed by atoms with Crippen molar-refractivity contribution in [2.75, 3.05) is 49.7 Å². The number of halogens is 1. The zero-order valence-corrected chi connectivity index (χ0v) is 27.7. The lowest BCUT2D eigenvalue weighted by Crippen LogP contribution is -2.61. The zero-order valence-electron chi connectivity index (χ0n) is 24.8. The molecule has 0 saturated carbocycles. The van der Waals surface area contributed by atoms with E-state index in [4.69, 9.17) is 12.7 Å². The van der Waals surface area contributed by atoms with E-state index >= 15 is 0 Å². The van der Waals surface area contributed by atoms with Crippen molar-refractivity contribution in [2.45, 2.75) is 26.2 Å². The molecule has 45 heavy (non-hydrogen) atoms. The third kappa shape index (κ3) is 5.86. The van der Waals surface area contributed by atoms with Gasteiger partial charge in [0, 0.05) is 76.7 Å². The first-order valence-electron chi connectivity index (χ1n) is 15.0. The molecule has 0 atom stereocenters. The Morgan fingerprint density at radius 2 is 1.93 bits per heavy atom. The van der Waals surface area contributed by atoms with E-state index in [9.17, 15) is 14.4 Å². The fourth-order valence-electron chi connectivity index (χ4n) is 6.24. The summed E-state index contributed by atoms with van der Waals surface area (Å²) in [5.74, 6) is 0.0789. The number of nitrogens with zero attached hydrogens (tertiary/aromatic N) is 4. The number of thiophene rings is 1. The Morgan fingerprint density at radius 3 is 2.71 bits per heavy atom. The summed E-state index contributed by atoms with van der Waals surface area (Å²) in [6.45, 7) is 5.96. The molecule has 6 heterocycles. The van der Waals surface area contributed by atoms with Gasteiger partial charge in [0.05, 0.1) is 22.7 Å². The molecule has 12 heteroatoms. The van der Waals surface area contributed by atoms with Gasteiger partial charge in [-0.25, -0.2) is 8.00 Å². The number of anilines is 2. The van der Waals surface area contributed by atoms with Crippen molar-refractivity contribution in [3.05, 3.63) is 76.3 Å². The van der Waals surface area contributed by atoms with Gasteiger partial charge in [-0.05, 0) is 84.3 Å². The lowest BCUT2D eigenvalue weighted by molar-refractivity contribution is -0.112. The molecular formula is C33H32IN5O5S. The van der Waals surface area contributed by atoms with E-state index in [1.807, 2.05) is 28.3 Å². The second kappa shape index (κ2) is 12.6. The Morgan fingerprint density at radius 1 is 1.13 bits per heavy atom. The number of carbonyl (C=O) groups excluding carboxylic acids is 3. The number of aromatic nitrogens is 1. The minimum Gasteiger partial charge on any atom is -0.462 e. The smallest absolute Gasteiger partial charge is 0.348 e. The summed E-state index contributed by atoms with van der Waals surface area (Å²) in [6, 6.07) is 12.5. The topological polar surface area (TPSA) is 113 Å².